The lowest BCUT2D eigenvalue weighted by Gasteiger charge is -2.13. The number of rotatable bonds is 3. The molecule has 3 rings (SSSR count). The molecule has 0 saturated heterocycles. The molecule has 0 N–H and O–H groups in total. The highest BCUT2D eigenvalue weighted by atomic mass is 35.5. The van der Waals surface area contributed by atoms with E-state index in [1.807, 2.05) is 0 Å². The van der Waals surface area contributed by atoms with Crippen LogP contribution < -0.4 is 4.74 Å². The normalized spacial score (nSPS) is 10.8. The van der Waals surface area contributed by atoms with Crippen molar-refractivity contribution >= 4 is 34.8 Å². The number of benzene rings is 1. The molecule has 2 heterocycles. The molecule has 0 unspecified atom stereocenters. The smallest absolute Gasteiger partial charge is 0.219 e. The van der Waals surface area contributed by atoms with Gasteiger partial charge in [0, 0.05) is 29.0 Å². The third kappa shape index (κ3) is 3.30. The van der Waals surface area contributed by atoms with E-state index in [0.29, 0.717) is 27.4 Å². The lowest BCUT2D eigenvalue weighted by Crippen LogP contribution is -1.97. The fraction of sp³-hybridized carbons (Fsp3) is 0.0556. The molecule has 0 aliphatic carbocycles. The minimum atomic E-state index is -0.534. The maximum absolute atomic E-state index is 14.1. The van der Waals surface area contributed by atoms with Crippen LogP contribution in [0.15, 0.2) is 36.5 Å². The van der Waals surface area contributed by atoms with Crippen LogP contribution in [0.5, 0.6) is 5.88 Å². The van der Waals surface area contributed by atoms with E-state index in [2.05, 4.69) is 16.9 Å². The van der Waals surface area contributed by atoms with Gasteiger partial charge in [-0.25, -0.2) is 14.4 Å². The molecule has 0 amide bonds. The zero-order valence-corrected chi connectivity index (χ0v) is 15.3. The molecule has 0 fully saturated rings. The molecular weight excluding hydrogens is 386 g/mol. The van der Waals surface area contributed by atoms with Crippen LogP contribution in [0.3, 0.4) is 0 Å². The van der Waals surface area contributed by atoms with Crippen LogP contribution in [-0.2, 0) is 0 Å². The van der Waals surface area contributed by atoms with Crippen LogP contribution in [0.2, 0.25) is 15.2 Å². The first-order chi connectivity index (χ1) is 11.9. The second-order valence-corrected chi connectivity index (χ2v) is 6.22. The second kappa shape index (κ2) is 7.16. The lowest BCUT2D eigenvalue weighted by molar-refractivity contribution is 0.392. The number of ether oxygens (including phenoxy) is 1. The number of hydrogen-bond donors (Lipinski definition) is 0. The monoisotopic (exact) mass is 395 g/mol. The maximum Gasteiger partial charge on any atom is 0.219 e. The molecule has 3 aromatic rings. The van der Waals surface area contributed by atoms with Crippen molar-refractivity contribution in [3.8, 4) is 28.3 Å². The fourth-order valence-electron chi connectivity index (χ4n) is 2.39. The molecular formula is C18H11Cl3FN2O. The van der Waals surface area contributed by atoms with E-state index in [9.17, 15) is 4.39 Å². The van der Waals surface area contributed by atoms with Gasteiger partial charge in [-0.15, -0.1) is 0 Å². The molecule has 127 valence electrons. The molecule has 1 aromatic carbocycles. The Morgan fingerprint density at radius 3 is 2.44 bits per heavy atom. The van der Waals surface area contributed by atoms with Crippen molar-refractivity contribution in [2.75, 3.05) is 7.11 Å². The first-order valence-corrected chi connectivity index (χ1v) is 8.23. The highest BCUT2D eigenvalue weighted by Crippen LogP contribution is 2.40. The molecule has 0 aliphatic heterocycles. The van der Waals surface area contributed by atoms with Gasteiger partial charge in [-0.05, 0) is 13.0 Å². The number of nitrogens with zero attached hydrogens (tertiary/aromatic N) is 2. The summed E-state index contributed by atoms with van der Waals surface area (Å²) in [6.45, 7) is 3.60. The summed E-state index contributed by atoms with van der Waals surface area (Å²) >= 11 is 18.8. The van der Waals surface area contributed by atoms with Gasteiger partial charge in [-0.2, -0.15) is 0 Å². The standard InChI is InChI=1S/C18H11Cl3FN2O/c1-9-13(22)8-14(24-18(9)25-2)12-5-3-4-10(15(12)19)11-6-7-23-17(21)16(11)20/h3-8H,1H2,2H3. The summed E-state index contributed by atoms with van der Waals surface area (Å²) in [6, 6.07) is 8.24. The van der Waals surface area contributed by atoms with Crippen molar-refractivity contribution in [3.05, 3.63) is 70.0 Å². The lowest BCUT2D eigenvalue weighted by atomic mass is 10.0. The largest absolute Gasteiger partial charge is 0.481 e. The molecule has 25 heavy (non-hydrogen) atoms. The SMILES string of the molecule is [CH2]c1c(F)cc(-c2cccc(-c3ccnc(Cl)c3Cl)c2Cl)nc1OC. The number of methoxy groups -OCH3 is 1. The number of hydrogen-bond acceptors (Lipinski definition) is 3. The summed E-state index contributed by atoms with van der Waals surface area (Å²) in [5.41, 5.74) is 2.19. The van der Waals surface area contributed by atoms with Crippen LogP contribution in [0.1, 0.15) is 5.56 Å². The molecule has 1 radical (unpaired) electrons. The van der Waals surface area contributed by atoms with Crippen LogP contribution in [-0.4, -0.2) is 17.1 Å². The Kier molecular flexibility index (Phi) is 5.13. The molecule has 0 atom stereocenters. The first kappa shape index (κ1) is 17.9. The van der Waals surface area contributed by atoms with E-state index in [1.54, 1.807) is 24.3 Å². The predicted molar refractivity (Wildman–Crippen MR) is 98.9 cm³/mol. The van der Waals surface area contributed by atoms with Crippen LogP contribution in [0.25, 0.3) is 22.4 Å². The van der Waals surface area contributed by atoms with E-state index in [-0.39, 0.29) is 21.6 Å². The first-order valence-electron chi connectivity index (χ1n) is 7.09. The average Bonchev–Trinajstić information content (AvgIpc) is 2.60. The van der Waals surface area contributed by atoms with Crippen molar-refractivity contribution < 1.29 is 9.13 Å². The van der Waals surface area contributed by atoms with Crippen LogP contribution >= 0.6 is 34.8 Å². The summed E-state index contributed by atoms with van der Waals surface area (Å²) in [5.74, 6) is -0.435. The molecule has 0 saturated carbocycles. The minimum absolute atomic E-state index is 0.0856. The number of halogens is 4. The van der Waals surface area contributed by atoms with Gasteiger partial charge in [-0.1, -0.05) is 53.0 Å². The van der Waals surface area contributed by atoms with Gasteiger partial charge in [0.15, 0.2) is 0 Å². The molecule has 0 spiro atoms. The van der Waals surface area contributed by atoms with Gasteiger partial charge in [-0.3, -0.25) is 0 Å². The molecule has 2 aromatic heterocycles. The van der Waals surface area contributed by atoms with Crippen molar-refractivity contribution in [2.24, 2.45) is 0 Å². The Morgan fingerprint density at radius 2 is 1.72 bits per heavy atom. The fourth-order valence-corrected chi connectivity index (χ4v) is 3.09. The Bertz CT molecular complexity index is 963. The van der Waals surface area contributed by atoms with E-state index >= 15 is 0 Å². The van der Waals surface area contributed by atoms with Crippen LogP contribution in [0, 0.1) is 12.7 Å². The number of aromatic nitrogens is 2. The number of pyridine rings is 2. The average molecular weight is 397 g/mol. The topological polar surface area (TPSA) is 35.0 Å². The summed E-state index contributed by atoms with van der Waals surface area (Å²) < 4.78 is 19.2. The van der Waals surface area contributed by atoms with E-state index in [4.69, 9.17) is 39.5 Å². The van der Waals surface area contributed by atoms with Crippen molar-refractivity contribution in [1.82, 2.24) is 9.97 Å². The van der Waals surface area contributed by atoms with E-state index in [0.717, 1.165) is 0 Å². The molecule has 3 nitrogen and oxygen atoms in total. The van der Waals surface area contributed by atoms with Crippen LogP contribution in [0.4, 0.5) is 4.39 Å². The van der Waals surface area contributed by atoms with E-state index < -0.39 is 5.82 Å². The Hall–Kier alpha value is -1.88. The highest BCUT2D eigenvalue weighted by Gasteiger charge is 2.17. The Labute approximate surface area is 159 Å². The predicted octanol–water partition coefficient (Wildman–Crippen LogP) is 6.10. The van der Waals surface area contributed by atoms with Gasteiger partial charge >= 0.3 is 0 Å². The second-order valence-electron chi connectivity index (χ2n) is 5.11. The summed E-state index contributed by atoms with van der Waals surface area (Å²) in [6.07, 6.45) is 1.53. The van der Waals surface area contributed by atoms with Crippen molar-refractivity contribution in [2.45, 2.75) is 0 Å². The van der Waals surface area contributed by atoms with Gasteiger partial charge in [0.25, 0.3) is 0 Å². The van der Waals surface area contributed by atoms with Gasteiger partial charge in [0.2, 0.25) is 5.88 Å². The van der Waals surface area contributed by atoms with E-state index in [1.165, 1.54) is 19.4 Å². The quantitative estimate of drug-likeness (QED) is 0.502. The third-order valence-corrected chi connectivity index (χ3v) is 4.81. The summed E-state index contributed by atoms with van der Waals surface area (Å²) in [5, 5.41) is 0.818. The summed E-state index contributed by atoms with van der Waals surface area (Å²) in [7, 11) is 1.40. The van der Waals surface area contributed by atoms with Crippen molar-refractivity contribution in [3.63, 3.8) is 0 Å². The van der Waals surface area contributed by atoms with Gasteiger partial charge in [0.05, 0.1) is 28.4 Å². The third-order valence-electron chi connectivity index (χ3n) is 3.64. The maximum atomic E-state index is 14.1. The molecule has 0 aliphatic rings. The van der Waals surface area contributed by atoms with Crippen molar-refractivity contribution in [1.29, 1.82) is 0 Å². The highest BCUT2D eigenvalue weighted by molar-refractivity contribution is 6.43. The molecule has 0 bridgehead atoms. The molecule has 7 heteroatoms. The Morgan fingerprint density at radius 1 is 1.04 bits per heavy atom. The van der Waals surface area contributed by atoms with Gasteiger partial charge < -0.3 is 4.74 Å². The minimum Gasteiger partial charge on any atom is -0.481 e. The summed E-state index contributed by atoms with van der Waals surface area (Å²) in [4.78, 5) is 8.20. The zero-order valence-electron chi connectivity index (χ0n) is 13.0. The zero-order chi connectivity index (χ0) is 18.1. The van der Waals surface area contributed by atoms with Gasteiger partial charge in [0.1, 0.15) is 11.0 Å². The Balaban J connectivity index is 2.21.